The maximum atomic E-state index is 13.1. The van der Waals surface area contributed by atoms with Crippen molar-refractivity contribution in [3.05, 3.63) is 29.1 Å². The van der Waals surface area contributed by atoms with Gasteiger partial charge in [0.1, 0.15) is 10.6 Å². The number of aromatic nitrogens is 2. The van der Waals surface area contributed by atoms with Crippen LogP contribution in [0.2, 0.25) is 0 Å². The number of hydrogen-bond donors (Lipinski definition) is 1. The maximum Gasteiger partial charge on any atom is 0.264 e. The largest absolute Gasteiger partial charge is 0.490 e. The van der Waals surface area contributed by atoms with Gasteiger partial charge in [-0.2, -0.15) is 0 Å². The first-order chi connectivity index (χ1) is 14.0. The fourth-order valence-electron chi connectivity index (χ4n) is 3.84. The molecule has 1 aromatic carbocycles. The molecule has 0 unspecified atom stereocenters. The minimum absolute atomic E-state index is 0.0865. The molecule has 156 valence electrons. The molecule has 8 nitrogen and oxygen atoms in total. The average molecular weight is 437 g/mol. The highest BCUT2D eigenvalue weighted by Gasteiger charge is 2.28. The van der Waals surface area contributed by atoms with Crippen LogP contribution < -0.4 is 9.46 Å². The Morgan fingerprint density at radius 1 is 1.14 bits per heavy atom. The van der Waals surface area contributed by atoms with Crippen LogP contribution in [0.15, 0.2) is 28.5 Å². The third-order valence-corrected chi connectivity index (χ3v) is 7.22. The molecular weight excluding hydrogens is 412 g/mol. The van der Waals surface area contributed by atoms with Crippen LogP contribution in [0, 0.1) is 0 Å². The van der Waals surface area contributed by atoms with Crippen molar-refractivity contribution in [1.29, 1.82) is 0 Å². The normalized spacial score (nSPS) is 18.0. The predicted octanol–water partition coefficient (Wildman–Crippen LogP) is 3.29. The van der Waals surface area contributed by atoms with Crippen molar-refractivity contribution < 1.29 is 17.9 Å². The Morgan fingerprint density at radius 2 is 1.90 bits per heavy atom. The molecule has 1 saturated heterocycles. The molecule has 1 N–H and O–H groups in total. The van der Waals surface area contributed by atoms with E-state index in [4.69, 9.17) is 4.74 Å². The number of hydrogen-bond acceptors (Lipinski definition) is 7. The molecule has 0 radical (unpaired) electrons. The van der Waals surface area contributed by atoms with Gasteiger partial charge in [-0.3, -0.25) is 9.52 Å². The van der Waals surface area contributed by atoms with Crippen molar-refractivity contribution in [3.63, 3.8) is 0 Å². The Balaban J connectivity index is 1.68. The van der Waals surface area contributed by atoms with Crippen LogP contribution in [0.25, 0.3) is 0 Å². The summed E-state index contributed by atoms with van der Waals surface area (Å²) < 4.78 is 38.3. The highest BCUT2D eigenvalue weighted by Crippen LogP contribution is 2.29. The summed E-state index contributed by atoms with van der Waals surface area (Å²) in [4.78, 5) is 14.7. The second-order valence-electron chi connectivity index (χ2n) is 7.43. The quantitative estimate of drug-likeness (QED) is 0.746. The SMILES string of the molecule is O=C(c1ccc(OC2CCCC2)cc1S(=O)(=O)Nc1csnn1)N1CCCCC1. The van der Waals surface area contributed by atoms with Crippen LogP contribution in [-0.2, 0) is 10.0 Å². The fourth-order valence-corrected chi connectivity index (χ4v) is 5.51. The number of anilines is 1. The zero-order valence-corrected chi connectivity index (χ0v) is 17.7. The number of nitrogens with one attached hydrogen (secondary N) is 1. The van der Waals surface area contributed by atoms with Gasteiger partial charge in [0.25, 0.3) is 15.9 Å². The molecule has 2 fully saturated rings. The Kier molecular flexibility index (Phi) is 6.00. The van der Waals surface area contributed by atoms with E-state index in [9.17, 15) is 13.2 Å². The number of likely N-dealkylation sites (tertiary alicyclic amines) is 1. The lowest BCUT2D eigenvalue weighted by Gasteiger charge is -2.27. The molecule has 1 aliphatic carbocycles. The Morgan fingerprint density at radius 3 is 2.59 bits per heavy atom. The first-order valence-electron chi connectivity index (χ1n) is 9.93. The fraction of sp³-hybridized carbons (Fsp3) is 0.526. The number of piperidine rings is 1. The summed E-state index contributed by atoms with van der Waals surface area (Å²) in [6.07, 6.45) is 7.17. The summed E-state index contributed by atoms with van der Waals surface area (Å²) in [5.41, 5.74) is 0.154. The molecule has 1 aliphatic heterocycles. The van der Waals surface area contributed by atoms with E-state index >= 15 is 0 Å². The van der Waals surface area contributed by atoms with Gasteiger partial charge in [-0.25, -0.2) is 8.42 Å². The first-order valence-corrected chi connectivity index (χ1v) is 12.2. The van der Waals surface area contributed by atoms with E-state index in [1.54, 1.807) is 17.0 Å². The molecule has 1 saturated carbocycles. The summed E-state index contributed by atoms with van der Waals surface area (Å²) >= 11 is 1.05. The molecule has 2 heterocycles. The molecular formula is C19H24N4O4S2. The topological polar surface area (TPSA) is 101 Å². The number of ether oxygens (including phenoxy) is 1. The van der Waals surface area contributed by atoms with Crippen LogP contribution in [0.4, 0.5) is 5.82 Å². The lowest BCUT2D eigenvalue weighted by Crippen LogP contribution is -2.36. The average Bonchev–Trinajstić information content (AvgIpc) is 3.42. The first kappa shape index (κ1) is 20.1. The summed E-state index contributed by atoms with van der Waals surface area (Å²) in [7, 11) is -4.03. The molecule has 0 atom stereocenters. The minimum atomic E-state index is -4.03. The van der Waals surface area contributed by atoms with Crippen LogP contribution in [-0.4, -0.2) is 48.0 Å². The molecule has 4 rings (SSSR count). The monoisotopic (exact) mass is 436 g/mol. The number of carbonyl (C=O) groups excluding carboxylic acids is 1. The molecule has 0 spiro atoms. The number of rotatable bonds is 6. The van der Waals surface area contributed by atoms with E-state index in [1.165, 1.54) is 11.4 Å². The van der Waals surface area contributed by atoms with Crippen molar-refractivity contribution in [2.45, 2.75) is 55.9 Å². The zero-order chi connectivity index (χ0) is 20.3. The molecule has 2 aliphatic rings. The second kappa shape index (κ2) is 8.66. The van der Waals surface area contributed by atoms with Crippen molar-refractivity contribution in [3.8, 4) is 5.75 Å². The summed E-state index contributed by atoms with van der Waals surface area (Å²) in [6, 6.07) is 4.71. The second-order valence-corrected chi connectivity index (χ2v) is 9.69. The zero-order valence-electron chi connectivity index (χ0n) is 16.0. The van der Waals surface area contributed by atoms with Gasteiger partial charge in [-0.1, -0.05) is 4.49 Å². The lowest BCUT2D eigenvalue weighted by atomic mass is 10.1. The Hall–Kier alpha value is -2.20. The minimum Gasteiger partial charge on any atom is -0.490 e. The number of amides is 1. The summed E-state index contributed by atoms with van der Waals surface area (Å²) in [6.45, 7) is 1.28. The molecule has 2 aromatic rings. The Bertz CT molecular complexity index is 951. The van der Waals surface area contributed by atoms with Gasteiger partial charge in [-0.05, 0) is 68.6 Å². The van der Waals surface area contributed by atoms with E-state index in [0.29, 0.717) is 18.8 Å². The van der Waals surface area contributed by atoms with Crippen LogP contribution >= 0.6 is 11.5 Å². The predicted molar refractivity (Wildman–Crippen MR) is 110 cm³/mol. The summed E-state index contributed by atoms with van der Waals surface area (Å²) in [5.74, 6) is 0.325. The molecule has 1 aromatic heterocycles. The van der Waals surface area contributed by atoms with Crippen LogP contribution in [0.3, 0.4) is 0 Å². The standard InChI is InChI=1S/C19H24N4O4S2/c24-19(23-10-4-1-5-11-23)16-9-8-15(27-14-6-2-3-7-14)12-17(16)29(25,26)21-18-13-28-22-20-18/h8-9,12-14,21H,1-7,10-11H2. The van der Waals surface area contributed by atoms with E-state index < -0.39 is 10.0 Å². The third kappa shape index (κ3) is 4.69. The van der Waals surface area contributed by atoms with Gasteiger partial charge in [-0.15, -0.1) is 5.10 Å². The number of benzene rings is 1. The lowest BCUT2D eigenvalue weighted by molar-refractivity contribution is 0.0720. The van der Waals surface area contributed by atoms with Gasteiger partial charge in [0.15, 0.2) is 5.82 Å². The highest BCUT2D eigenvalue weighted by atomic mass is 32.2. The van der Waals surface area contributed by atoms with Crippen molar-refractivity contribution in [1.82, 2.24) is 14.5 Å². The van der Waals surface area contributed by atoms with Gasteiger partial charge < -0.3 is 9.64 Å². The van der Waals surface area contributed by atoms with E-state index in [2.05, 4.69) is 14.3 Å². The Labute approximate surface area is 174 Å². The molecule has 10 heteroatoms. The third-order valence-electron chi connectivity index (χ3n) is 5.32. The smallest absolute Gasteiger partial charge is 0.264 e. The van der Waals surface area contributed by atoms with Gasteiger partial charge in [0.05, 0.1) is 17.0 Å². The number of nitrogens with zero attached hydrogens (tertiary/aromatic N) is 3. The van der Waals surface area contributed by atoms with E-state index in [0.717, 1.165) is 56.5 Å². The van der Waals surface area contributed by atoms with Gasteiger partial charge in [0.2, 0.25) is 0 Å². The van der Waals surface area contributed by atoms with Crippen LogP contribution in [0.1, 0.15) is 55.3 Å². The van der Waals surface area contributed by atoms with Crippen molar-refractivity contribution in [2.75, 3.05) is 17.8 Å². The molecule has 0 bridgehead atoms. The number of sulfonamides is 1. The van der Waals surface area contributed by atoms with E-state index in [1.807, 2.05) is 0 Å². The van der Waals surface area contributed by atoms with Crippen molar-refractivity contribution >= 4 is 33.3 Å². The van der Waals surface area contributed by atoms with Gasteiger partial charge >= 0.3 is 0 Å². The van der Waals surface area contributed by atoms with Crippen LogP contribution in [0.5, 0.6) is 5.75 Å². The van der Waals surface area contributed by atoms with E-state index in [-0.39, 0.29) is 28.3 Å². The molecule has 1 amide bonds. The summed E-state index contributed by atoms with van der Waals surface area (Å²) in [5, 5.41) is 5.25. The van der Waals surface area contributed by atoms with Gasteiger partial charge in [0, 0.05) is 19.2 Å². The molecule has 29 heavy (non-hydrogen) atoms. The van der Waals surface area contributed by atoms with Crippen molar-refractivity contribution in [2.24, 2.45) is 0 Å². The number of carbonyl (C=O) groups is 1. The highest BCUT2D eigenvalue weighted by molar-refractivity contribution is 7.92. The maximum absolute atomic E-state index is 13.1.